The first-order valence-electron chi connectivity index (χ1n) is 11.4. The molecule has 2 aliphatic rings. The minimum absolute atomic E-state index is 0.158. The molecule has 2 fully saturated rings. The summed E-state index contributed by atoms with van der Waals surface area (Å²) in [5, 5.41) is 9.53. The molecule has 2 atom stereocenters. The second-order valence-corrected chi connectivity index (χ2v) is 9.84. The Balaban J connectivity index is 1.80. The van der Waals surface area contributed by atoms with Crippen LogP contribution in [-0.2, 0) is 14.3 Å². The molecule has 0 aromatic heterocycles. The molecular weight excluding hydrogens is 398 g/mol. The van der Waals surface area contributed by atoms with Crippen molar-refractivity contribution in [1.82, 2.24) is 20.9 Å². The third-order valence-corrected chi connectivity index (χ3v) is 5.64. The fourth-order valence-corrected chi connectivity index (χ4v) is 3.87. The lowest BCUT2D eigenvalue weighted by molar-refractivity contribution is -0.127. The van der Waals surface area contributed by atoms with Crippen LogP contribution in [0.25, 0.3) is 0 Å². The molecule has 2 amide bonds. The fraction of sp³-hybridized carbons (Fsp3) is 0.864. The van der Waals surface area contributed by atoms with Gasteiger partial charge >= 0.3 is 6.09 Å². The van der Waals surface area contributed by atoms with Gasteiger partial charge in [0, 0.05) is 32.6 Å². The molecular formula is C22H41N5O4. The van der Waals surface area contributed by atoms with E-state index in [1.54, 1.807) is 11.9 Å². The van der Waals surface area contributed by atoms with Gasteiger partial charge in [0.2, 0.25) is 5.91 Å². The van der Waals surface area contributed by atoms with E-state index in [1.165, 1.54) is 0 Å². The number of carbonyl (C=O) groups excluding carboxylic acids is 2. The largest absolute Gasteiger partial charge is 0.444 e. The number of hydrogen-bond donors (Lipinski definition) is 3. The van der Waals surface area contributed by atoms with Gasteiger partial charge < -0.3 is 25.4 Å². The first-order valence-corrected chi connectivity index (χ1v) is 11.4. The number of aliphatic imine (C=N–C) groups is 1. The Hall–Kier alpha value is -2.03. The molecule has 178 valence electrons. The van der Waals surface area contributed by atoms with Crippen molar-refractivity contribution in [2.75, 3.05) is 26.7 Å². The van der Waals surface area contributed by atoms with E-state index in [2.05, 4.69) is 20.9 Å². The van der Waals surface area contributed by atoms with Gasteiger partial charge in [0.25, 0.3) is 0 Å². The summed E-state index contributed by atoms with van der Waals surface area (Å²) in [7, 11) is 1.71. The molecule has 1 aliphatic carbocycles. The van der Waals surface area contributed by atoms with E-state index in [1.807, 2.05) is 41.5 Å². The maximum absolute atomic E-state index is 12.8. The van der Waals surface area contributed by atoms with Gasteiger partial charge in [-0.1, -0.05) is 6.42 Å². The predicted molar refractivity (Wildman–Crippen MR) is 121 cm³/mol. The van der Waals surface area contributed by atoms with Crippen LogP contribution < -0.4 is 16.0 Å². The Labute approximate surface area is 186 Å². The summed E-state index contributed by atoms with van der Waals surface area (Å²) in [5.74, 6) is 1.04. The molecule has 31 heavy (non-hydrogen) atoms. The molecule has 0 spiro atoms. The number of rotatable bonds is 7. The third kappa shape index (κ3) is 7.26. The summed E-state index contributed by atoms with van der Waals surface area (Å²) in [4.78, 5) is 30.6. The van der Waals surface area contributed by atoms with E-state index in [4.69, 9.17) is 9.47 Å². The zero-order valence-electron chi connectivity index (χ0n) is 20.2. The standard InChI is InChI=1S/C22H41N5O4/c1-15-17(27(22(5,6)30-15)20(29)31-21(2,3)4)14-26-19(23-7)25-13-9-12-24-18(28)16-10-8-11-16/h15-17H,8-14H2,1-7H3,(H,24,28)(H2,23,25,26). The van der Waals surface area contributed by atoms with E-state index in [9.17, 15) is 9.59 Å². The third-order valence-electron chi connectivity index (χ3n) is 5.64. The summed E-state index contributed by atoms with van der Waals surface area (Å²) in [6.45, 7) is 13.1. The maximum atomic E-state index is 12.8. The Morgan fingerprint density at radius 3 is 2.35 bits per heavy atom. The van der Waals surface area contributed by atoms with Crippen LogP contribution in [0.1, 0.15) is 67.2 Å². The van der Waals surface area contributed by atoms with Crippen LogP contribution >= 0.6 is 0 Å². The smallest absolute Gasteiger partial charge is 0.412 e. The van der Waals surface area contributed by atoms with Crippen molar-refractivity contribution < 1.29 is 19.1 Å². The number of nitrogens with zero attached hydrogens (tertiary/aromatic N) is 2. The molecule has 9 nitrogen and oxygen atoms in total. The lowest BCUT2D eigenvalue weighted by atomic mass is 9.85. The zero-order valence-corrected chi connectivity index (χ0v) is 20.2. The van der Waals surface area contributed by atoms with E-state index in [-0.39, 0.29) is 30.1 Å². The second-order valence-electron chi connectivity index (χ2n) is 9.84. The molecule has 1 saturated carbocycles. The Morgan fingerprint density at radius 2 is 1.81 bits per heavy atom. The predicted octanol–water partition coefficient (Wildman–Crippen LogP) is 2.22. The molecule has 2 unspecified atom stereocenters. The summed E-state index contributed by atoms with van der Waals surface area (Å²) < 4.78 is 11.6. The van der Waals surface area contributed by atoms with E-state index in [0.29, 0.717) is 25.6 Å². The second kappa shape index (κ2) is 10.5. The lowest BCUT2D eigenvalue weighted by Gasteiger charge is -2.35. The van der Waals surface area contributed by atoms with Crippen molar-refractivity contribution in [3.8, 4) is 0 Å². The average molecular weight is 440 g/mol. The van der Waals surface area contributed by atoms with Crippen LogP contribution in [0.2, 0.25) is 0 Å². The fourth-order valence-electron chi connectivity index (χ4n) is 3.87. The number of hydrogen-bond acceptors (Lipinski definition) is 5. The summed E-state index contributed by atoms with van der Waals surface area (Å²) >= 11 is 0. The van der Waals surface area contributed by atoms with E-state index >= 15 is 0 Å². The molecule has 9 heteroatoms. The van der Waals surface area contributed by atoms with Gasteiger partial charge in [-0.05, 0) is 60.8 Å². The molecule has 0 radical (unpaired) electrons. The molecule has 1 heterocycles. The van der Waals surface area contributed by atoms with Crippen LogP contribution in [0.5, 0.6) is 0 Å². The molecule has 1 aliphatic heterocycles. The van der Waals surface area contributed by atoms with Crippen molar-refractivity contribution >= 4 is 18.0 Å². The minimum atomic E-state index is -0.760. The first kappa shape index (κ1) is 25.2. The average Bonchev–Trinajstić information content (AvgIpc) is 2.82. The zero-order chi connectivity index (χ0) is 23.2. The van der Waals surface area contributed by atoms with Crippen LogP contribution in [-0.4, -0.2) is 73.0 Å². The topological polar surface area (TPSA) is 104 Å². The monoisotopic (exact) mass is 439 g/mol. The maximum Gasteiger partial charge on any atom is 0.412 e. The quantitative estimate of drug-likeness (QED) is 0.319. The Kier molecular flexibility index (Phi) is 8.57. The van der Waals surface area contributed by atoms with Crippen LogP contribution in [0.15, 0.2) is 4.99 Å². The SMILES string of the molecule is CN=C(NCCCNC(=O)C1CCC1)NCC1C(C)OC(C)(C)N1C(=O)OC(C)(C)C. The molecule has 2 rings (SSSR count). The van der Waals surface area contributed by atoms with Crippen LogP contribution in [0, 0.1) is 5.92 Å². The summed E-state index contributed by atoms with van der Waals surface area (Å²) in [6, 6.07) is -0.204. The number of amides is 2. The molecule has 1 saturated heterocycles. The van der Waals surface area contributed by atoms with E-state index < -0.39 is 11.3 Å². The van der Waals surface area contributed by atoms with Gasteiger partial charge in [-0.3, -0.25) is 14.7 Å². The number of ether oxygens (including phenoxy) is 2. The van der Waals surface area contributed by atoms with Gasteiger partial charge in [0.05, 0.1) is 12.1 Å². The number of carbonyl (C=O) groups is 2. The van der Waals surface area contributed by atoms with Crippen LogP contribution in [0.4, 0.5) is 4.79 Å². The van der Waals surface area contributed by atoms with Crippen molar-refractivity contribution in [2.24, 2.45) is 10.9 Å². The first-order chi connectivity index (χ1) is 14.4. The van der Waals surface area contributed by atoms with Crippen molar-refractivity contribution in [1.29, 1.82) is 0 Å². The van der Waals surface area contributed by atoms with Crippen molar-refractivity contribution in [3.05, 3.63) is 0 Å². The normalized spacial score (nSPS) is 23.8. The van der Waals surface area contributed by atoms with Gasteiger partial charge in [-0.25, -0.2) is 4.79 Å². The Morgan fingerprint density at radius 1 is 1.16 bits per heavy atom. The number of nitrogens with one attached hydrogen (secondary N) is 3. The highest BCUT2D eigenvalue weighted by Gasteiger charge is 2.49. The Bertz CT molecular complexity index is 655. The lowest BCUT2D eigenvalue weighted by Crippen LogP contribution is -2.54. The summed E-state index contributed by atoms with van der Waals surface area (Å²) in [5.41, 5.74) is -1.34. The van der Waals surface area contributed by atoms with Crippen molar-refractivity contribution in [3.63, 3.8) is 0 Å². The van der Waals surface area contributed by atoms with Gasteiger partial charge in [-0.2, -0.15) is 0 Å². The van der Waals surface area contributed by atoms with Gasteiger partial charge in [0.1, 0.15) is 11.3 Å². The molecule has 3 N–H and O–H groups in total. The molecule has 0 bridgehead atoms. The van der Waals surface area contributed by atoms with E-state index in [0.717, 1.165) is 25.7 Å². The highest BCUT2D eigenvalue weighted by molar-refractivity contribution is 5.80. The molecule has 0 aromatic rings. The number of guanidine groups is 1. The minimum Gasteiger partial charge on any atom is -0.444 e. The van der Waals surface area contributed by atoms with Gasteiger partial charge in [-0.15, -0.1) is 0 Å². The van der Waals surface area contributed by atoms with Crippen molar-refractivity contribution in [2.45, 2.75) is 90.7 Å². The highest BCUT2D eigenvalue weighted by Crippen LogP contribution is 2.33. The highest BCUT2D eigenvalue weighted by atomic mass is 16.6. The van der Waals surface area contributed by atoms with Crippen LogP contribution in [0.3, 0.4) is 0 Å². The summed E-state index contributed by atoms with van der Waals surface area (Å²) in [6.07, 6.45) is 3.45. The molecule has 0 aromatic carbocycles. The van der Waals surface area contributed by atoms with Gasteiger partial charge in [0.15, 0.2) is 5.96 Å².